The lowest BCUT2D eigenvalue weighted by Crippen LogP contribution is -2.02. The summed E-state index contributed by atoms with van der Waals surface area (Å²) in [5.74, 6) is -2.80. The maximum Gasteiger partial charge on any atom is 0.152 e. The van der Waals surface area contributed by atoms with Gasteiger partial charge in [-0.05, 0) is 18.6 Å². The molecule has 0 atom stereocenters. The van der Waals surface area contributed by atoms with Crippen molar-refractivity contribution in [1.82, 2.24) is 4.98 Å². The van der Waals surface area contributed by atoms with Gasteiger partial charge in [0.05, 0.1) is 0 Å². The highest BCUT2D eigenvalue weighted by Gasteiger charge is 2.14. The average molecular weight is 303 g/mol. The summed E-state index contributed by atoms with van der Waals surface area (Å²) in [4.78, 5) is 4.08. The molecule has 1 aromatic heterocycles. The van der Waals surface area contributed by atoms with Crippen molar-refractivity contribution in [1.29, 1.82) is 0 Å². The van der Waals surface area contributed by atoms with Crippen LogP contribution in [0, 0.1) is 24.4 Å². The van der Waals surface area contributed by atoms with E-state index in [1.807, 2.05) is 6.92 Å². The van der Waals surface area contributed by atoms with Gasteiger partial charge in [0.1, 0.15) is 17.3 Å². The van der Waals surface area contributed by atoms with Gasteiger partial charge in [-0.2, -0.15) is 0 Å². The van der Waals surface area contributed by atoms with E-state index in [1.165, 1.54) is 6.20 Å². The molecule has 0 unspecified atom stereocenters. The number of nitrogens with zero attached hydrogens (tertiary/aromatic N) is 1. The Morgan fingerprint density at radius 3 is 2.36 bits per heavy atom. The number of nitrogens with one attached hydrogen (secondary N) is 1. The molecule has 1 heterocycles. The van der Waals surface area contributed by atoms with Gasteiger partial charge in [-0.15, -0.1) is 0 Å². The molecule has 0 aliphatic rings. The molecule has 0 saturated carbocycles. The van der Waals surface area contributed by atoms with Crippen molar-refractivity contribution in [3.63, 3.8) is 0 Å². The van der Waals surface area contributed by atoms with Gasteiger partial charge < -0.3 is 11.1 Å². The number of aryl methyl sites for hydroxylation is 1. The van der Waals surface area contributed by atoms with Crippen molar-refractivity contribution in [2.24, 2.45) is 0 Å². The molecule has 3 nitrogen and oxygen atoms in total. The van der Waals surface area contributed by atoms with Crippen LogP contribution >= 0.6 is 0 Å². The van der Waals surface area contributed by atoms with Crippen LogP contribution in [0.5, 0.6) is 0 Å². The smallest absolute Gasteiger partial charge is 0.152 e. The number of halogens is 3. The Hall–Kier alpha value is -2.76. The van der Waals surface area contributed by atoms with E-state index in [2.05, 4.69) is 10.3 Å². The van der Waals surface area contributed by atoms with Gasteiger partial charge in [0.15, 0.2) is 11.6 Å². The van der Waals surface area contributed by atoms with Crippen LogP contribution in [0.2, 0.25) is 0 Å². The summed E-state index contributed by atoms with van der Waals surface area (Å²) in [6.45, 7) is 1.86. The predicted molar refractivity (Wildman–Crippen MR) is 80.5 cm³/mol. The van der Waals surface area contributed by atoms with Crippen molar-refractivity contribution in [2.45, 2.75) is 6.92 Å². The minimum atomic E-state index is -1.03. The lowest BCUT2D eigenvalue weighted by Gasteiger charge is -2.12. The summed E-state index contributed by atoms with van der Waals surface area (Å²) in [6.07, 6.45) is 1.49. The second-order valence-electron chi connectivity index (χ2n) is 4.92. The molecular formula is C16H12F3N3. The molecule has 0 spiro atoms. The van der Waals surface area contributed by atoms with Crippen molar-refractivity contribution in [2.75, 3.05) is 11.1 Å². The summed E-state index contributed by atoms with van der Waals surface area (Å²) >= 11 is 0. The van der Waals surface area contributed by atoms with Gasteiger partial charge in [-0.1, -0.05) is 12.1 Å². The van der Waals surface area contributed by atoms with Gasteiger partial charge >= 0.3 is 0 Å². The Balaban J connectivity index is 2.15. The Bertz CT molecular complexity index is 855. The Labute approximate surface area is 124 Å². The van der Waals surface area contributed by atoms with Gasteiger partial charge in [0.2, 0.25) is 0 Å². The third-order valence-electron chi connectivity index (χ3n) is 3.46. The third-order valence-corrected chi connectivity index (χ3v) is 3.46. The van der Waals surface area contributed by atoms with Crippen LogP contribution in [0.1, 0.15) is 5.56 Å². The minimum absolute atomic E-state index is 0.244. The molecule has 3 N–H and O–H groups in total. The Kier molecular flexibility index (Phi) is 3.36. The molecule has 0 aliphatic carbocycles. The largest absolute Gasteiger partial charge is 0.398 e. The van der Waals surface area contributed by atoms with Gasteiger partial charge in [0, 0.05) is 34.8 Å². The quantitative estimate of drug-likeness (QED) is 0.694. The number of hydrogen-bond acceptors (Lipinski definition) is 3. The van der Waals surface area contributed by atoms with Gasteiger partial charge in [0.25, 0.3) is 0 Å². The summed E-state index contributed by atoms with van der Waals surface area (Å²) in [5, 5.41) is 3.92. The SMILES string of the molecule is Cc1ccc2c(Nc3c(F)cc(F)cc3F)nccc2c1N. The minimum Gasteiger partial charge on any atom is -0.398 e. The number of benzene rings is 2. The summed E-state index contributed by atoms with van der Waals surface area (Å²) in [7, 11) is 0. The standard InChI is InChI=1S/C16H12F3N3/c1-8-2-3-11-10(14(8)20)4-5-21-16(11)22-15-12(18)6-9(17)7-13(15)19/h2-7H,20H2,1H3,(H,21,22). The first-order valence-electron chi connectivity index (χ1n) is 6.52. The number of hydrogen-bond donors (Lipinski definition) is 2. The number of aromatic nitrogens is 1. The van der Waals surface area contributed by atoms with E-state index in [9.17, 15) is 13.2 Å². The molecule has 0 bridgehead atoms. The zero-order valence-electron chi connectivity index (χ0n) is 11.6. The fourth-order valence-electron chi connectivity index (χ4n) is 2.27. The highest BCUT2D eigenvalue weighted by Crippen LogP contribution is 2.31. The van der Waals surface area contributed by atoms with Crippen molar-refractivity contribution < 1.29 is 13.2 Å². The zero-order chi connectivity index (χ0) is 15.9. The van der Waals surface area contributed by atoms with Crippen LogP contribution < -0.4 is 11.1 Å². The van der Waals surface area contributed by atoms with Crippen molar-refractivity contribution >= 4 is 28.0 Å². The monoisotopic (exact) mass is 303 g/mol. The fraction of sp³-hybridized carbons (Fsp3) is 0.0625. The van der Waals surface area contributed by atoms with E-state index in [1.54, 1.807) is 18.2 Å². The van der Waals surface area contributed by atoms with E-state index in [-0.39, 0.29) is 5.82 Å². The zero-order valence-corrected chi connectivity index (χ0v) is 11.6. The van der Waals surface area contributed by atoms with Crippen LogP contribution in [0.4, 0.5) is 30.4 Å². The molecule has 0 amide bonds. The van der Waals surface area contributed by atoms with Crippen molar-refractivity contribution in [3.05, 3.63) is 59.5 Å². The van der Waals surface area contributed by atoms with Crippen LogP contribution in [-0.2, 0) is 0 Å². The molecule has 6 heteroatoms. The molecule has 2 aromatic carbocycles. The van der Waals surface area contributed by atoms with E-state index in [0.29, 0.717) is 23.2 Å². The second-order valence-corrected chi connectivity index (χ2v) is 4.92. The number of anilines is 3. The molecule has 22 heavy (non-hydrogen) atoms. The van der Waals surface area contributed by atoms with E-state index in [0.717, 1.165) is 10.9 Å². The maximum absolute atomic E-state index is 13.7. The first kappa shape index (κ1) is 14.2. The maximum atomic E-state index is 13.7. The highest BCUT2D eigenvalue weighted by atomic mass is 19.1. The molecule has 0 saturated heterocycles. The van der Waals surface area contributed by atoms with Crippen LogP contribution in [0.25, 0.3) is 10.8 Å². The number of nitrogen functional groups attached to an aromatic ring is 1. The first-order chi connectivity index (χ1) is 10.5. The molecule has 112 valence electrons. The van der Waals surface area contributed by atoms with E-state index in [4.69, 9.17) is 5.73 Å². The van der Waals surface area contributed by atoms with Gasteiger partial charge in [-0.3, -0.25) is 0 Å². The van der Waals surface area contributed by atoms with Crippen LogP contribution in [-0.4, -0.2) is 4.98 Å². The molecule has 3 aromatic rings. The molecular weight excluding hydrogens is 291 g/mol. The summed E-state index contributed by atoms with van der Waals surface area (Å²) < 4.78 is 40.4. The predicted octanol–water partition coefficient (Wildman–Crippen LogP) is 4.29. The Morgan fingerprint density at radius 2 is 1.68 bits per heavy atom. The number of fused-ring (bicyclic) bond motifs is 1. The average Bonchev–Trinajstić information content (AvgIpc) is 2.47. The van der Waals surface area contributed by atoms with Crippen LogP contribution in [0.15, 0.2) is 36.5 Å². The number of nitrogens with two attached hydrogens (primary N) is 1. The van der Waals surface area contributed by atoms with E-state index >= 15 is 0 Å². The van der Waals surface area contributed by atoms with E-state index < -0.39 is 23.1 Å². The topological polar surface area (TPSA) is 50.9 Å². The molecule has 3 rings (SSSR count). The third kappa shape index (κ3) is 2.32. The lowest BCUT2D eigenvalue weighted by atomic mass is 10.1. The highest BCUT2D eigenvalue weighted by molar-refractivity contribution is 6.01. The number of pyridine rings is 1. The lowest BCUT2D eigenvalue weighted by molar-refractivity contribution is 0.549. The normalized spacial score (nSPS) is 10.9. The van der Waals surface area contributed by atoms with Crippen LogP contribution in [0.3, 0.4) is 0 Å². The Morgan fingerprint density at radius 1 is 1.00 bits per heavy atom. The molecule has 0 aliphatic heterocycles. The summed E-state index contributed by atoms with van der Waals surface area (Å²) in [5.41, 5.74) is 7.01. The van der Waals surface area contributed by atoms with Gasteiger partial charge in [-0.25, -0.2) is 18.2 Å². The first-order valence-corrected chi connectivity index (χ1v) is 6.52. The number of rotatable bonds is 2. The summed E-state index contributed by atoms with van der Waals surface area (Å²) in [6, 6.07) is 6.49. The molecule has 0 fully saturated rings. The second kappa shape index (κ2) is 5.22. The molecule has 0 radical (unpaired) electrons. The van der Waals surface area contributed by atoms with Crippen molar-refractivity contribution in [3.8, 4) is 0 Å². The fourth-order valence-corrected chi connectivity index (χ4v) is 2.27.